The summed E-state index contributed by atoms with van der Waals surface area (Å²) in [6.07, 6.45) is 0. The number of hydrogen-bond acceptors (Lipinski definition) is 5. The number of benzene rings is 2. The van der Waals surface area contributed by atoms with E-state index < -0.39 is 12.0 Å². The van der Waals surface area contributed by atoms with Crippen molar-refractivity contribution in [3.63, 3.8) is 0 Å². The fourth-order valence-corrected chi connectivity index (χ4v) is 3.43. The van der Waals surface area contributed by atoms with Crippen LogP contribution < -0.4 is 14.8 Å². The van der Waals surface area contributed by atoms with Gasteiger partial charge in [-0.2, -0.15) is 0 Å². The summed E-state index contributed by atoms with van der Waals surface area (Å²) in [6.45, 7) is 2.28. The molecule has 1 unspecified atom stereocenters. The summed E-state index contributed by atoms with van der Waals surface area (Å²) in [5.41, 5.74) is 3.13. The molecular formula is C22H24N2O4S. The number of nitrogens with one attached hydrogen (secondary N) is 1. The first-order valence-corrected chi connectivity index (χ1v) is 9.55. The second-order valence-corrected chi connectivity index (χ2v) is 7.00. The smallest absolute Gasteiger partial charge is 0.337 e. The molecule has 29 heavy (non-hydrogen) atoms. The van der Waals surface area contributed by atoms with Crippen molar-refractivity contribution in [2.75, 3.05) is 21.3 Å². The van der Waals surface area contributed by atoms with Gasteiger partial charge >= 0.3 is 5.97 Å². The molecule has 0 radical (unpaired) electrons. The van der Waals surface area contributed by atoms with Gasteiger partial charge in [0.25, 0.3) is 0 Å². The van der Waals surface area contributed by atoms with Crippen LogP contribution in [0.1, 0.15) is 24.1 Å². The van der Waals surface area contributed by atoms with Gasteiger partial charge in [0.15, 0.2) is 16.6 Å². The molecule has 0 aliphatic carbocycles. The minimum Gasteiger partial charge on any atom is -0.493 e. The average molecular weight is 413 g/mol. The van der Waals surface area contributed by atoms with Crippen molar-refractivity contribution >= 4 is 23.3 Å². The van der Waals surface area contributed by atoms with E-state index in [0.717, 1.165) is 16.8 Å². The summed E-state index contributed by atoms with van der Waals surface area (Å²) >= 11 is 5.41. The number of ether oxygens (including phenoxy) is 3. The van der Waals surface area contributed by atoms with Gasteiger partial charge in [0.2, 0.25) is 0 Å². The predicted molar refractivity (Wildman–Crippen MR) is 115 cm³/mol. The molecule has 1 heterocycles. The third kappa shape index (κ3) is 4.35. The summed E-state index contributed by atoms with van der Waals surface area (Å²) < 4.78 is 16.5. The van der Waals surface area contributed by atoms with Crippen molar-refractivity contribution in [1.82, 2.24) is 10.2 Å². The maximum Gasteiger partial charge on any atom is 0.337 e. The van der Waals surface area contributed by atoms with Gasteiger partial charge in [0, 0.05) is 12.7 Å². The van der Waals surface area contributed by atoms with Crippen LogP contribution in [-0.2, 0) is 16.1 Å². The molecule has 0 fully saturated rings. The zero-order chi connectivity index (χ0) is 21.0. The minimum atomic E-state index is -0.441. The van der Waals surface area contributed by atoms with Gasteiger partial charge in [-0.1, -0.05) is 36.4 Å². The van der Waals surface area contributed by atoms with E-state index >= 15 is 0 Å². The Morgan fingerprint density at radius 1 is 1.14 bits per heavy atom. The van der Waals surface area contributed by atoms with E-state index in [-0.39, 0.29) is 0 Å². The molecule has 0 spiro atoms. The standard InChI is InChI=1S/C22H24N2O4S/c1-14-19(21(25)27-4)20(23-22(29)24(14)2)16-10-11-17(18(12-16)26-3)28-13-15-8-6-5-7-9-15/h5-12,20H,13H2,1-4H3,(H,23,29). The number of esters is 1. The third-order valence-corrected chi connectivity index (χ3v) is 5.31. The van der Waals surface area contributed by atoms with Gasteiger partial charge in [-0.3, -0.25) is 0 Å². The zero-order valence-corrected chi connectivity index (χ0v) is 17.7. The van der Waals surface area contributed by atoms with E-state index in [1.54, 1.807) is 12.0 Å². The summed E-state index contributed by atoms with van der Waals surface area (Å²) in [5.74, 6) is 0.792. The number of carbonyl (C=O) groups is 1. The predicted octanol–water partition coefficient (Wildman–Crippen LogP) is 3.58. The van der Waals surface area contributed by atoms with E-state index in [0.29, 0.717) is 28.8 Å². The lowest BCUT2D eigenvalue weighted by Gasteiger charge is -2.35. The molecule has 6 nitrogen and oxygen atoms in total. The van der Waals surface area contributed by atoms with Crippen LogP contribution in [0.4, 0.5) is 0 Å². The Morgan fingerprint density at radius 3 is 2.52 bits per heavy atom. The Kier molecular flexibility index (Phi) is 6.39. The SMILES string of the molecule is COC(=O)C1=C(C)N(C)C(=S)NC1c1ccc(OCc2ccccc2)c(OC)c1. The van der Waals surface area contributed by atoms with Gasteiger partial charge in [0.05, 0.1) is 25.8 Å². The van der Waals surface area contributed by atoms with E-state index in [9.17, 15) is 4.79 Å². The number of rotatable bonds is 6. The Bertz CT molecular complexity index is 943. The first-order valence-electron chi connectivity index (χ1n) is 9.14. The minimum absolute atomic E-state index is 0.405. The Morgan fingerprint density at radius 2 is 1.86 bits per heavy atom. The second-order valence-electron chi connectivity index (χ2n) is 6.62. The van der Waals surface area contributed by atoms with Gasteiger partial charge in [-0.25, -0.2) is 4.79 Å². The van der Waals surface area contributed by atoms with Gasteiger partial charge in [-0.15, -0.1) is 0 Å². The van der Waals surface area contributed by atoms with Crippen LogP contribution in [0.2, 0.25) is 0 Å². The van der Waals surface area contributed by atoms with Crippen molar-refractivity contribution < 1.29 is 19.0 Å². The Labute approximate surface area is 176 Å². The number of methoxy groups -OCH3 is 2. The van der Waals surface area contributed by atoms with E-state index in [1.807, 2.05) is 62.5 Å². The molecule has 0 aromatic heterocycles. The highest BCUT2D eigenvalue weighted by Gasteiger charge is 2.33. The third-order valence-electron chi connectivity index (χ3n) is 4.92. The maximum absolute atomic E-state index is 12.4. The number of thiocarbonyl (C=S) groups is 1. The highest BCUT2D eigenvalue weighted by Crippen LogP contribution is 2.36. The molecule has 1 aliphatic heterocycles. The summed E-state index contributed by atoms with van der Waals surface area (Å²) in [7, 11) is 4.77. The molecule has 3 rings (SSSR count). The monoisotopic (exact) mass is 412 g/mol. The normalized spacial score (nSPS) is 16.3. The summed E-state index contributed by atoms with van der Waals surface area (Å²) in [5, 5.41) is 3.74. The second kappa shape index (κ2) is 8.96. The Hall–Kier alpha value is -3.06. The first kappa shape index (κ1) is 20.7. The Balaban J connectivity index is 1.91. The van der Waals surface area contributed by atoms with E-state index in [4.69, 9.17) is 26.4 Å². The summed E-state index contributed by atoms with van der Waals surface area (Å²) in [6, 6.07) is 15.0. The molecular weight excluding hydrogens is 388 g/mol. The van der Waals surface area contributed by atoms with Gasteiger partial charge < -0.3 is 24.4 Å². The molecule has 2 aromatic carbocycles. The average Bonchev–Trinajstić information content (AvgIpc) is 2.75. The highest BCUT2D eigenvalue weighted by atomic mass is 32.1. The first-order chi connectivity index (χ1) is 14.0. The quantitative estimate of drug-likeness (QED) is 0.575. The largest absolute Gasteiger partial charge is 0.493 e. The summed E-state index contributed by atoms with van der Waals surface area (Å²) in [4.78, 5) is 14.2. The van der Waals surface area contributed by atoms with Crippen molar-refractivity contribution in [1.29, 1.82) is 0 Å². The van der Waals surface area contributed by atoms with Gasteiger partial charge in [-0.05, 0) is 42.4 Å². The molecule has 1 atom stereocenters. The van der Waals surface area contributed by atoms with Crippen molar-refractivity contribution in [2.24, 2.45) is 0 Å². The van der Waals surface area contributed by atoms with E-state index in [2.05, 4.69) is 5.32 Å². The lowest BCUT2D eigenvalue weighted by Crippen LogP contribution is -2.46. The van der Waals surface area contributed by atoms with Crippen molar-refractivity contribution in [3.8, 4) is 11.5 Å². The maximum atomic E-state index is 12.4. The van der Waals surface area contributed by atoms with Crippen LogP contribution in [-0.4, -0.2) is 37.2 Å². The molecule has 2 aromatic rings. The molecule has 1 aliphatic rings. The van der Waals surface area contributed by atoms with Crippen LogP contribution in [0.25, 0.3) is 0 Å². The highest BCUT2D eigenvalue weighted by molar-refractivity contribution is 7.80. The fraction of sp³-hybridized carbons (Fsp3) is 0.273. The molecule has 0 amide bonds. The fourth-order valence-electron chi connectivity index (χ4n) is 3.18. The van der Waals surface area contributed by atoms with Crippen LogP contribution in [0, 0.1) is 0 Å². The van der Waals surface area contributed by atoms with Crippen molar-refractivity contribution in [2.45, 2.75) is 19.6 Å². The lowest BCUT2D eigenvalue weighted by atomic mass is 9.95. The lowest BCUT2D eigenvalue weighted by molar-refractivity contribution is -0.136. The van der Waals surface area contributed by atoms with Crippen LogP contribution in [0.15, 0.2) is 59.8 Å². The van der Waals surface area contributed by atoms with Crippen LogP contribution in [0.3, 0.4) is 0 Å². The zero-order valence-electron chi connectivity index (χ0n) is 16.9. The van der Waals surface area contributed by atoms with E-state index in [1.165, 1.54) is 7.11 Å². The molecule has 152 valence electrons. The van der Waals surface area contributed by atoms with Crippen LogP contribution in [0.5, 0.6) is 11.5 Å². The number of allylic oxidation sites excluding steroid dienone is 1. The number of nitrogens with zero attached hydrogens (tertiary/aromatic N) is 1. The molecule has 0 saturated heterocycles. The number of hydrogen-bond donors (Lipinski definition) is 1. The number of carbonyl (C=O) groups excluding carboxylic acids is 1. The molecule has 0 bridgehead atoms. The molecule has 1 N–H and O–H groups in total. The van der Waals surface area contributed by atoms with Crippen molar-refractivity contribution in [3.05, 3.63) is 70.9 Å². The topological polar surface area (TPSA) is 60.0 Å². The molecule has 0 saturated carbocycles. The van der Waals surface area contributed by atoms with Gasteiger partial charge in [0.1, 0.15) is 6.61 Å². The molecule has 7 heteroatoms. The van der Waals surface area contributed by atoms with Crippen LogP contribution >= 0.6 is 12.2 Å².